The van der Waals surface area contributed by atoms with E-state index in [1.807, 2.05) is 29.7 Å². The van der Waals surface area contributed by atoms with Crippen molar-refractivity contribution in [2.24, 2.45) is 0 Å². The highest BCUT2D eigenvalue weighted by Crippen LogP contribution is 2.25. The van der Waals surface area contributed by atoms with Crippen molar-refractivity contribution in [2.45, 2.75) is 32.9 Å². The fourth-order valence-electron chi connectivity index (χ4n) is 3.96. The van der Waals surface area contributed by atoms with Crippen LogP contribution in [0, 0.1) is 6.92 Å². The molecule has 31 heavy (non-hydrogen) atoms. The van der Waals surface area contributed by atoms with Crippen LogP contribution in [0.3, 0.4) is 0 Å². The molecule has 0 saturated carbocycles. The van der Waals surface area contributed by atoms with Gasteiger partial charge in [0.2, 0.25) is 5.95 Å². The molecule has 166 valence electrons. The van der Waals surface area contributed by atoms with Crippen molar-refractivity contribution < 1.29 is 14.9 Å². The first-order valence-electron chi connectivity index (χ1n) is 10.9. The summed E-state index contributed by atoms with van der Waals surface area (Å²) in [5, 5.41) is 23.3. The highest BCUT2D eigenvalue weighted by molar-refractivity contribution is 5.79. The number of benzene rings is 1. The zero-order valence-corrected chi connectivity index (χ0v) is 18.0. The van der Waals surface area contributed by atoms with Crippen molar-refractivity contribution >= 4 is 17.0 Å². The molecule has 8 heteroatoms. The van der Waals surface area contributed by atoms with E-state index in [1.54, 1.807) is 12.1 Å². The first-order valence-corrected chi connectivity index (χ1v) is 10.9. The molecule has 1 fully saturated rings. The van der Waals surface area contributed by atoms with Crippen LogP contribution in [0.4, 0.5) is 5.95 Å². The number of hydrogen-bond acceptors (Lipinski definition) is 7. The molecular weight excluding hydrogens is 394 g/mol. The first kappa shape index (κ1) is 21.5. The summed E-state index contributed by atoms with van der Waals surface area (Å²) in [6.07, 6.45) is 2.09. The van der Waals surface area contributed by atoms with E-state index in [2.05, 4.69) is 15.2 Å². The summed E-state index contributed by atoms with van der Waals surface area (Å²) < 4.78 is 7.55. The second-order valence-electron chi connectivity index (χ2n) is 8.01. The van der Waals surface area contributed by atoms with Crippen LogP contribution in [0.25, 0.3) is 11.0 Å². The van der Waals surface area contributed by atoms with E-state index < -0.39 is 0 Å². The van der Waals surface area contributed by atoms with Gasteiger partial charge in [-0.05, 0) is 56.1 Å². The van der Waals surface area contributed by atoms with Gasteiger partial charge in [0.15, 0.2) is 0 Å². The number of aromatic hydroxyl groups is 1. The topological polar surface area (TPSA) is 95.7 Å². The fraction of sp³-hybridized carbons (Fsp3) is 0.478. The second-order valence-corrected chi connectivity index (χ2v) is 8.01. The van der Waals surface area contributed by atoms with Crippen LogP contribution < -0.4 is 5.32 Å². The lowest BCUT2D eigenvalue weighted by molar-refractivity contribution is 0.141. The third kappa shape index (κ3) is 5.33. The molecule has 1 aliphatic rings. The molecule has 3 aromatic rings. The predicted molar refractivity (Wildman–Crippen MR) is 120 cm³/mol. The van der Waals surface area contributed by atoms with Gasteiger partial charge in [-0.15, -0.1) is 0 Å². The number of aromatic nitrogens is 3. The fourth-order valence-corrected chi connectivity index (χ4v) is 3.96. The summed E-state index contributed by atoms with van der Waals surface area (Å²) in [6.45, 7) is 7.82. The van der Waals surface area contributed by atoms with Crippen LogP contribution >= 0.6 is 0 Å². The zero-order valence-electron chi connectivity index (χ0n) is 18.0. The number of aliphatic hydroxyl groups excluding tert-OH is 1. The predicted octanol–water partition coefficient (Wildman–Crippen LogP) is 2.51. The number of fused-ring (bicyclic) bond motifs is 1. The normalized spacial score (nSPS) is 15.3. The summed E-state index contributed by atoms with van der Waals surface area (Å²) >= 11 is 0. The SMILES string of the molecule is Cc1ccc(O)c(Cn2c(NCCCN3CCCOCC3)nc3ccc(CO)cc32)n1. The number of anilines is 1. The number of aryl methyl sites for hydroxylation is 1. The van der Waals surface area contributed by atoms with Crippen LogP contribution in [0.15, 0.2) is 30.3 Å². The number of imidazole rings is 1. The summed E-state index contributed by atoms with van der Waals surface area (Å²) in [5.74, 6) is 0.909. The molecule has 0 bridgehead atoms. The molecule has 0 atom stereocenters. The standard InChI is InChI=1S/C23H31N5O3/c1-17-4-7-22(30)20(25-17)15-28-21-14-18(16-29)5-6-19(21)26-23(28)24-8-2-9-27-10-3-12-31-13-11-27/h4-7,14,29-30H,2-3,8-13,15-16H2,1H3,(H,24,26). The minimum atomic E-state index is -0.0304. The molecule has 1 aromatic carbocycles. The molecule has 0 aliphatic carbocycles. The largest absolute Gasteiger partial charge is 0.506 e. The van der Waals surface area contributed by atoms with Gasteiger partial charge in [-0.2, -0.15) is 0 Å². The molecule has 3 heterocycles. The molecule has 4 rings (SSSR count). The van der Waals surface area contributed by atoms with Gasteiger partial charge in [-0.3, -0.25) is 4.98 Å². The second kappa shape index (κ2) is 10.1. The Labute approximate surface area is 182 Å². The minimum absolute atomic E-state index is 0.0304. The van der Waals surface area contributed by atoms with E-state index in [0.29, 0.717) is 12.2 Å². The van der Waals surface area contributed by atoms with Gasteiger partial charge in [-0.1, -0.05) is 6.07 Å². The summed E-state index contributed by atoms with van der Waals surface area (Å²) in [4.78, 5) is 11.7. The lowest BCUT2D eigenvalue weighted by Gasteiger charge is -2.19. The lowest BCUT2D eigenvalue weighted by atomic mass is 10.2. The van der Waals surface area contributed by atoms with E-state index in [0.717, 1.165) is 80.5 Å². The van der Waals surface area contributed by atoms with Crippen molar-refractivity contribution in [3.8, 4) is 5.75 Å². The Morgan fingerprint density at radius 2 is 2.03 bits per heavy atom. The summed E-state index contributed by atoms with van der Waals surface area (Å²) in [6, 6.07) is 9.21. The first-order chi connectivity index (χ1) is 15.1. The maximum absolute atomic E-state index is 10.3. The molecule has 3 N–H and O–H groups in total. The third-order valence-electron chi connectivity index (χ3n) is 5.64. The molecule has 1 aliphatic heterocycles. The quantitative estimate of drug-likeness (QED) is 0.477. The van der Waals surface area contributed by atoms with Crippen molar-refractivity contribution in [2.75, 3.05) is 44.7 Å². The van der Waals surface area contributed by atoms with Crippen molar-refractivity contribution in [3.05, 3.63) is 47.3 Å². The number of pyridine rings is 1. The molecular formula is C23H31N5O3. The van der Waals surface area contributed by atoms with E-state index in [-0.39, 0.29) is 12.4 Å². The summed E-state index contributed by atoms with van der Waals surface area (Å²) in [5.41, 5.74) is 4.02. The number of nitrogens with zero attached hydrogens (tertiary/aromatic N) is 4. The Hall–Kier alpha value is -2.68. The Bertz CT molecular complexity index is 1010. The Balaban J connectivity index is 1.52. The monoisotopic (exact) mass is 425 g/mol. The smallest absolute Gasteiger partial charge is 0.204 e. The van der Waals surface area contributed by atoms with Crippen LogP contribution in [-0.4, -0.2) is 69.0 Å². The molecule has 8 nitrogen and oxygen atoms in total. The number of nitrogens with one attached hydrogen (secondary N) is 1. The third-order valence-corrected chi connectivity index (χ3v) is 5.64. The number of hydrogen-bond donors (Lipinski definition) is 3. The number of rotatable bonds is 8. The van der Waals surface area contributed by atoms with E-state index in [1.165, 1.54) is 0 Å². The molecule has 1 saturated heterocycles. The van der Waals surface area contributed by atoms with Gasteiger partial charge >= 0.3 is 0 Å². The van der Waals surface area contributed by atoms with E-state index in [4.69, 9.17) is 9.72 Å². The highest BCUT2D eigenvalue weighted by Gasteiger charge is 2.15. The average molecular weight is 426 g/mol. The van der Waals surface area contributed by atoms with Gasteiger partial charge in [0, 0.05) is 31.9 Å². The molecule has 0 amide bonds. The molecule has 2 aromatic heterocycles. The van der Waals surface area contributed by atoms with Gasteiger partial charge in [0.25, 0.3) is 0 Å². The molecule has 0 spiro atoms. The van der Waals surface area contributed by atoms with Crippen molar-refractivity contribution in [3.63, 3.8) is 0 Å². The molecule has 0 radical (unpaired) electrons. The molecule has 0 unspecified atom stereocenters. The van der Waals surface area contributed by atoms with E-state index in [9.17, 15) is 10.2 Å². The zero-order chi connectivity index (χ0) is 21.6. The minimum Gasteiger partial charge on any atom is -0.506 e. The maximum atomic E-state index is 10.3. The lowest BCUT2D eigenvalue weighted by Crippen LogP contribution is -2.28. The highest BCUT2D eigenvalue weighted by atomic mass is 16.5. The number of aliphatic hydroxyl groups is 1. The van der Waals surface area contributed by atoms with Crippen LogP contribution in [0.5, 0.6) is 5.75 Å². The number of ether oxygens (including phenoxy) is 1. The van der Waals surface area contributed by atoms with Gasteiger partial charge in [-0.25, -0.2) is 4.98 Å². The van der Waals surface area contributed by atoms with E-state index >= 15 is 0 Å². The van der Waals surface area contributed by atoms with Gasteiger partial charge in [0.1, 0.15) is 11.4 Å². The van der Waals surface area contributed by atoms with Gasteiger partial charge < -0.3 is 29.7 Å². The summed E-state index contributed by atoms with van der Waals surface area (Å²) in [7, 11) is 0. The average Bonchev–Trinajstić information content (AvgIpc) is 2.92. The van der Waals surface area contributed by atoms with Crippen molar-refractivity contribution in [1.29, 1.82) is 0 Å². The van der Waals surface area contributed by atoms with Crippen molar-refractivity contribution in [1.82, 2.24) is 19.4 Å². The van der Waals surface area contributed by atoms with Crippen LogP contribution in [-0.2, 0) is 17.9 Å². The Morgan fingerprint density at radius 3 is 2.90 bits per heavy atom. The van der Waals surface area contributed by atoms with Crippen LogP contribution in [0.2, 0.25) is 0 Å². The van der Waals surface area contributed by atoms with Gasteiger partial charge in [0.05, 0.1) is 30.8 Å². The Morgan fingerprint density at radius 1 is 1.13 bits per heavy atom. The Kier molecular flexibility index (Phi) is 7.01. The maximum Gasteiger partial charge on any atom is 0.204 e. The van der Waals surface area contributed by atoms with Crippen LogP contribution in [0.1, 0.15) is 29.8 Å².